The van der Waals surface area contributed by atoms with Gasteiger partial charge in [-0.1, -0.05) is 25.7 Å². The molecule has 60 valence electrons. The molecule has 1 N–H and O–H groups in total. The molecule has 0 spiro atoms. The summed E-state index contributed by atoms with van der Waals surface area (Å²) in [5, 5.41) is 3.23. The van der Waals surface area contributed by atoms with Crippen LogP contribution in [0.4, 0.5) is 0 Å². The summed E-state index contributed by atoms with van der Waals surface area (Å²) < 4.78 is 0. The minimum atomic E-state index is 0. The Morgan fingerprint density at radius 1 is 1.30 bits per heavy atom. The van der Waals surface area contributed by atoms with Crippen molar-refractivity contribution >= 4 is 0 Å². The van der Waals surface area contributed by atoms with E-state index in [0.717, 1.165) is 6.54 Å². The molecule has 10 heavy (non-hydrogen) atoms. The molecule has 0 unspecified atom stereocenters. The summed E-state index contributed by atoms with van der Waals surface area (Å²) in [4.78, 5) is 0. The van der Waals surface area contributed by atoms with E-state index in [9.17, 15) is 0 Å². The predicted octanol–water partition coefficient (Wildman–Crippen LogP) is 1.89. The molecule has 0 rings (SSSR count). The molecule has 0 aliphatic heterocycles. The highest BCUT2D eigenvalue weighted by atomic mass is 14.9. The average molecular weight is 141 g/mol. The van der Waals surface area contributed by atoms with Gasteiger partial charge in [0, 0.05) is 13.4 Å². The molecule has 0 heterocycles. The Balaban J connectivity index is 0. The van der Waals surface area contributed by atoms with Crippen LogP contribution in [0.25, 0.3) is 0 Å². The van der Waals surface area contributed by atoms with Gasteiger partial charge in [0.25, 0.3) is 0 Å². The van der Waals surface area contributed by atoms with Crippen LogP contribution in [0.15, 0.2) is 0 Å². The van der Waals surface area contributed by atoms with Gasteiger partial charge in [-0.2, -0.15) is 0 Å². The fourth-order valence-corrected chi connectivity index (χ4v) is 0.510. The van der Waals surface area contributed by atoms with Crippen molar-refractivity contribution in [2.75, 3.05) is 6.54 Å². The van der Waals surface area contributed by atoms with Crippen molar-refractivity contribution in [1.29, 1.82) is 0 Å². The zero-order valence-corrected chi connectivity index (χ0v) is 7.36. The third-order valence-corrected chi connectivity index (χ3v) is 0.989. The van der Waals surface area contributed by atoms with E-state index in [1.165, 1.54) is 0 Å². The van der Waals surface area contributed by atoms with E-state index in [0.29, 0.717) is 12.0 Å². The molecule has 0 aromatic carbocycles. The second-order valence-corrected chi connectivity index (χ2v) is 3.01. The Labute approximate surface area is 65.7 Å². The zero-order chi connectivity index (χ0) is 7.98. The van der Waals surface area contributed by atoms with Gasteiger partial charge in [-0.15, -0.1) is 0 Å². The first-order valence-corrected chi connectivity index (χ1v) is 3.84. The van der Waals surface area contributed by atoms with E-state index in [1.807, 2.05) is 0 Å². The summed E-state index contributed by atoms with van der Waals surface area (Å²) >= 11 is 0. The van der Waals surface area contributed by atoms with Gasteiger partial charge in [-0.3, -0.25) is 0 Å². The van der Waals surface area contributed by atoms with Gasteiger partial charge in [0.05, 0.1) is 6.54 Å². The van der Waals surface area contributed by atoms with E-state index in [4.69, 9.17) is 0 Å². The molecule has 1 nitrogen and oxygen atoms in total. The zero-order valence-electron chi connectivity index (χ0n) is 7.36. The fraction of sp³-hybridized carbons (Fsp3) is 0.778. The first kappa shape index (κ1) is 9.52. The molecule has 0 aromatic heterocycles. The largest absolute Gasteiger partial charge is 0.304 e. The number of nitrogens with one attached hydrogen (secondary N) is 1. The molecular weight excluding hydrogens is 122 g/mol. The van der Waals surface area contributed by atoms with Crippen LogP contribution < -0.4 is 5.32 Å². The summed E-state index contributed by atoms with van der Waals surface area (Å²) in [5.74, 6) is 6.64. The van der Waals surface area contributed by atoms with E-state index in [1.54, 1.807) is 0 Å². The highest BCUT2D eigenvalue weighted by Gasteiger charge is 1.86. The standard InChI is InChI=1S/C9H17N.H2/c1-8(2)6-5-7-10-9(3)4;/h8-10H,7H2,1-4H3;1H. The van der Waals surface area contributed by atoms with Gasteiger partial charge in [-0.05, 0) is 13.8 Å². The molecule has 0 amide bonds. The third-order valence-electron chi connectivity index (χ3n) is 0.989. The Bertz CT molecular complexity index is 130. The minimum absolute atomic E-state index is 0. The first-order chi connectivity index (χ1) is 4.63. The maximum Gasteiger partial charge on any atom is 0.0578 e. The highest BCUT2D eigenvalue weighted by molar-refractivity contribution is 5.02. The quantitative estimate of drug-likeness (QED) is 0.579. The smallest absolute Gasteiger partial charge is 0.0578 e. The summed E-state index contributed by atoms with van der Waals surface area (Å²) in [7, 11) is 0. The SMILES string of the molecule is CC(C)C#CCNC(C)C.[HH]. The van der Waals surface area contributed by atoms with Gasteiger partial charge in [-0.25, -0.2) is 0 Å². The highest BCUT2D eigenvalue weighted by Crippen LogP contribution is 1.84. The van der Waals surface area contributed by atoms with E-state index in [2.05, 4.69) is 44.9 Å². The average Bonchev–Trinajstić information content (AvgIpc) is 1.79. The van der Waals surface area contributed by atoms with Crippen LogP contribution in [0.1, 0.15) is 29.1 Å². The maximum atomic E-state index is 3.23. The summed E-state index contributed by atoms with van der Waals surface area (Å²) in [6.07, 6.45) is 0. The van der Waals surface area contributed by atoms with Crippen molar-refractivity contribution in [3.63, 3.8) is 0 Å². The van der Waals surface area contributed by atoms with Gasteiger partial charge in [0.1, 0.15) is 0 Å². The lowest BCUT2D eigenvalue weighted by Gasteiger charge is -2.01. The number of hydrogen-bond acceptors (Lipinski definition) is 1. The summed E-state index contributed by atoms with van der Waals surface area (Å²) in [6, 6.07) is 0.543. The monoisotopic (exact) mass is 141 g/mol. The molecule has 0 fully saturated rings. The lowest BCUT2D eigenvalue weighted by atomic mass is 10.2. The topological polar surface area (TPSA) is 12.0 Å². The third kappa shape index (κ3) is 7.52. The minimum Gasteiger partial charge on any atom is -0.304 e. The van der Waals surface area contributed by atoms with Crippen LogP contribution >= 0.6 is 0 Å². The molecule has 0 radical (unpaired) electrons. The Morgan fingerprint density at radius 2 is 1.90 bits per heavy atom. The molecule has 0 aliphatic rings. The normalized spacial score (nSPS) is 9.80. The van der Waals surface area contributed by atoms with Crippen molar-refractivity contribution in [2.24, 2.45) is 5.92 Å². The lowest BCUT2D eigenvalue weighted by Crippen LogP contribution is -2.22. The second-order valence-electron chi connectivity index (χ2n) is 3.01. The number of rotatable bonds is 2. The van der Waals surface area contributed by atoms with Crippen molar-refractivity contribution < 1.29 is 1.43 Å². The van der Waals surface area contributed by atoms with Crippen molar-refractivity contribution in [2.45, 2.75) is 33.7 Å². The summed E-state index contributed by atoms with van der Waals surface area (Å²) in [6.45, 7) is 9.26. The van der Waals surface area contributed by atoms with Crippen LogP contribution in [0.3, 0.4) is 0 Å². The molecule has 0 saturated heterocycles. The fourth-order valence-electron chi connectivity index (χ4n) is 0.510. The van der Waals surface area contributed by atoms with Gasteiger partial charge >= 0.3 is 0 Å². The first-order valence-electron chi connectivity index (χ1n) is 3.84. The van der Waals surface area contributed by atoms with Crippen LogP contribution in [-0.2, 0) is 0 Å². The molecule has 0 aromatic rings. The van der Waals surface area contributed by atoms with Crippen molar-refractivity contribution in [1.82, 2.24) is 5.32 Å². The van der Waals surface area contributed by atoms with Crippen LogP contribution in [-0.4, -0.2) is 12.6 Å². The van der Waals surface area contributed by atoms with Crippen molar-refractivity contribution in [3.8, 4) is 11.8 Å². The predicted molar refractivity (Wildman–Crippen MR) is 47.9 cm³/mol. The van der Waals surface area contributed by atoms with E-state index >= 15 is 0 Å². The Kier molecular flexibility index (Phi) is 5.06. The second kappa shape index (κ2) is 5.32. The molecule has 0 aliphatic carbocycles. The summed E-state index contributed by atoms with van der Waals surface area (Å²) in [5.41, 5.74) is 0. The lowest BCUT2D eigenvalue weighted by molar-refractivity contribution is 0.638. The van der Waals surface area contributed by atoms with Crippen LogP contribution in [0.5, 0.6) is 0 Å². The molecular formula is C9H19N. The molecule has 1 heteroatoms. The molecule has 0 atom stereocenters. The van der Waals surface area contributed by atoms with Crippen molar-refractivity contribution in [3.05, 3.63) is 0 Å². The number of hydrogen-bond donors (Lipinski definition) is 1. The maximum absolute atomic E-state index is 3.23. The van der Waals surface area contributed by atoms with Crippen LogP contribution in [0.2, 0.25) is 0 Å². The molecule has 0 bridgehead atoms. The van der Waals surface area contributed by atoms with Gasteiger partial charge in [0.15, 0.2) is 0 Å². The Morgan fingerprint density at radius 3 is 2.30 bits per heavy atom. The van der Waals surface area contributed by atoms with E-state index in [-0.39, 0.29) is 1.43 Å². The van der Waals surface area contributed by atoms with Crippen LogP contribution in [0, 0.1) is 17.8 Å². The van der Waals surface area contributed by atoms with Gasteiger partial charge < -0.3 is 5.32 Å². The molecule has 0 saturated carbocycles. The van der Waals surface area contributed by atoms with E-state index < -0.39 is 0 Å². The van der Waals surface area contributed by atoms with Gasteiger partial charge in [0.2, 0.25) is 0 Å². The Hall–Kier alpha value is -0.480.